The molecule has 0 aliphatic heterocycles. The highest BCUT2D eigenvalue weighted by atomic mass is 19.2. The minimum atomic E-state index is -0.975. The molecule has 2 saturated carbocycles. The van der Waals surface area contributed by atoms with Crippen LogP contribution in [-0.2, 0) is 0 Å². The van der Waals surface area contributed by atoms with E-state index in [9.17, 15) is 17.6 Å². The summed E-state index contributed by atoms with van der Waals surface area (Å²) in [4.78, 5) is 0. The zero-order valence-electron chi connectivity index (χ0n) is 19.2. The molecule has 4 rings (SSSR count). The molecule has 0 heterocycles. The minimum Gasteiger partial charge on any atom is -0.491 e. The molecule has 2 aliphatic rings. The van der Waals surface area contributed by atoms with E-state index in [1.807, 2.05) is 6.08 Å². The lowest BCUT2D eigenvalue weighted by molar-refractivity contribution is 0.314. The van der Waals surface area contributed by atoms with Gasteiger partial charge in [-0.15, -0.1) is 0 Å². The molecule has 0 radical (unpaired) electrons. The Balaban J connectivity index is 1.39. The number of benzene rings is 2. The summed E-state index contributed by atoms with van der Waals surface area (Å²) in [7, 11) is 0. The second kappa shape index (κ2) is 10.8. The van der Waals surface area contributed by atoms with Crippen molar-refractivity contribution < 1.29 is 22.3 Å². The smallest absolute Gasteiger partial charge is 0.201 e. The quantitative estimate of drug-likeness (QED) is 0.392. The van der Waals surface area contributed by atoms with Crippen LogP contribution in [0.2, 0.25) is 0 Å². The van der Waals surface area contributed by atoms with E-state index in [4.69, 9.17) is 4.74 Å². The zero-order chi connectivity index (χ0) is 23.4. The first-order valence-corrected chi connectivity index (χ1v) is 12.3. The van der Waals surface area contributed by atoms with Crippen molar-refractivity contribution in [3.05, 3.63) is 70.3 Å². The van der Waals surface area contributed by atoms with E-state index >= 15 is 0 Å². The maximum atomic E-state index is 15.0. The van der Waals surface area contributed by atoms with Gasteiger partial charge in [-0.25, -0.2) is 13.2 Å². The van der Waals surface area contributed by atoms with Crippen LogP contribution in [0.3, 0.4) is 0 Å². The molecule has 0 aromatic heterocycles. The van der Waals surface area contributed by atoms with Crippen LogP contribution in [0, 0.1) is 29.2 Å². The fraction of sp³-hybridized carbons (Fsp3) is 0.500. The van der Waals surface area contributed by atoms with Crippen molar-refractivity contribution in [2.75, 3.05) is 6.61 Å². The summed E-state index contributed by atoms with van der Waals surface area (Å²) in [6.45, 7) is 1.98. The van der Waals surface area contributed by atoms with Crippen LogP contribution >= 0.6 is 0 Å². The van der Waals surface area contributed by atoms with E-state index in [1.165, 1.54) is 18.6 Å². The van der Waals surface area contributed by atoms with Crippen LogP contribution in [0.25, 0.3) is 6.08 Å². The normalized spacial score (nSPS) is 22.1. The van der Waals surface area contributed by atoms with Crippen molar-refractivity contribution >= 4 is 6.08 Å². The summed E-state index contributed by atoms with van der Waals surface area (Å²) in [6, 6.07) is 6.55. The SMILES string of the molecule is CCOc1ccc(/C=C/C2CCC(c3ccc(C4CCCCC4)c(F)c3F)CC2)c(F)c1F. The Kier molecular flexibility index (Phi) is 7.77. The Hall–Kier alpha value is -2.30. The van der Waals surface area contributed by atoms with Crippen LogP contribution < -0.4 is 4.74 Å². The van der Waals surface area contributed by atoms with Gasteiger partial charge in [0.05, 0.1) is 6.61 Å². The van der Waals surface area contributed by atoms with Gasteiger partial charge in [-0.2, -0.15) is 4.39 Å². The summed E-state index contributed by atoms with van der Waals surface area (Å²) < 4.78 is 63.3. The molecule has 2 aromatic rings. The fourth-order valence-corrected chi connectivity index (χ4v) is 5.43. The number of halogens is 4. The first-order chi connectivity index (χ1) is 16.0. The number of hydrogen-bond acceptors (Lipinski definition) is 1. The third-order valence-corrected chi connectivity index (χ3v) is 7.32. The molecule has 33 heavy (non-hydrogen) atoms. The predicted octanol–water partition coefficient (Wildman–Crippen LogP) is 8.68. The molecular weight excluding hydrogens is 428 g/mol. The Morgan fingerprint density at radius 2 is 1.33 bits per heavy atom. The molecule has 5 heteroatoms. The first kappa shape index (κ1) is 23.8. The Labute approximate surface area is 193 Å². The van der Waals surface area contributed by atoms with Crippen molar-refractivity contribution in [2.45, 2.75) is 76.5 Å². The third-order valence-electron chi connectivity index (χ3n) is 7.32. The van der Waals surface area contributed by atoms with Crippen LogP contribution in [0.1, 0.15) is 93.2 Å². The highest BCUT2D eigenvalue weighted by Gasteiger charge is 2.28. The largest absolute Gasteiger partial charge is 0.491 e. The number of rotatable bonds is 6. The van der Waals surface area contributed by atoms with E-state index in [1.54, 1.807) is 25.1 Å². The van der Waals surface area contributed by atoms with Crippen LogP contribution in [0.4, 0.5) is 17.6 Å². The Bertz CT molecular complexity index is 986. The highest BCUT2D eigenvalue weighted by Crippen LogP contribution is 2.41. The second-order valence-corrected chi connectivity index (χ2v) is 9.39. The molecule has 0 unspecified atom stereocenters. The van der Waals surface area contributed by atoms with Gasteiger partial charge in [-0.3, -0.25) is 0 Å². The maximum Gasteiger partial charge on any atom is 0.201 e. The standard InChI is InChI=1S/C28H32F4O/c1-2-33-24-17-14-21(25(29)28(24)32)13-10-18-8-11-20(12-9-18)23-16-15-22(26(30)27(23)31)19-6-4-3-5-7-19/h10,13-20H,2-9,11-12H2,1H3/b13-10+. The summed E-state index contributed by atoms with van der Waals surface area (Å²) in [6.07, 6.45) is 11.8. The molecule has 0 amide bonds. The summed E-state index contributed by atoms with van der Waals surface area (Å²) in [5.74, 6) is -2.99. The minimum absolute atomic E-state index is 0.00999. The molecule has 0 bridgehead atoms. The van der Waals surface area contributed by atoms with Gasteiger partial charge in [0.2, 0.25) is 5.82 Å². The van der Waals surface area contributed by atoms with Gasteiger partial charge < -0.3 is 4.74 Å². The van der Waals surface area contributed by atoms with Gasteiger partial charge in [-0.1, -0.05) is 43.5 Å². The summed E-state index contributed by atoms with van der Waals surface area (Å²) in [5.41, 5.74) is 1.20. The number of hydrogen-bond donors (Lipinski definition) is 0. The Morgan fingerprint density at radius 3 is 1.94 bits per heavy atom. The molecule has 2 fully saturated rings. The lowest BCUT2D eigenvalue weighted by Gasteiger charge is -2.28. The molecule has 0 N–H and O–H groups in total. The summed E-state index contributed by atoms with van der Waals surface area (Å²) in [5, 5.41) is 0. The van der Waals surface area contributed by atoms with Gasteiger partial charge in [0.25, 0.3) is 0 Å². The van der Waals surface area contributed by atoms with E-state index in [-0.39, 0.29) is 35.7 Å². The van der Waals surface area contributed by atoms with E-state index < -0.39 is 23.3 Å². The average molecular weight is 461 g/mol. The highest BCUT2D eigenvalue weighted by molar-refractivity contribution is 5.52. The number of ether oxygens (including phenoxy) is 1. The van der Waals surface area contributed by atoms with Gasteiger partial charge in [0, 0.05) is 5.56 Å². The van der Waals surface area contributed by atoms with E-state index in [0.717, 1.165) is 51.4 Å². The number of allylic oxidation sites excluding steroid dienone is 1. The molecule has 2 aliphatic carbocycles. The van der Waals surface area contributed by atoms with Crippen LogP contribution in [-0.4, -0.2) is 6.61 Å². The lowest BCUT2D eigenvalue weighted by atomic mass is 9.77. The van der Waals surface area contributed by atoms with Crippen LogP contribution in [0.5, 0.6) is 5.75 Å². The molecule has 178 valence electrons. The Morgan fingerprint density at radius 1 is 0.727 bits per heavy atom. The second-order valence-electron chi connectivity index (χ2n) is 9.39. The van der Waals surface area contributed by atoms with Gasteiger partial charge in [0.1, 0.15) is 0 Å². The molecular formula is C28H32F4O. The molecule has 2 aromatic carbocycles. The zero-order valence-corrected chi connectivity index (χ0v) is 19.2. The van der Waals surface area contributed by atoms with Gasteiger partial charge in [0.15, 0.2) is 23.2 Å². The maximum absolute atomic E-state index is 15.0. The van der Waals surface area contributed by atoms with Crippen molar-refractivity contribution in [3.8, 4) is 5.75 Å². The first-order valence-electron chi connectivity index (χ1n) is 12.3. The van der Waals surface area contributed by atoms with E-state index in [2.05, 4.69) is 0 Å². The fourth-order valence-electron chi connectivity index (χ4n) is 5.43. The average Bonchev–Trinajstić information content (AvgIpc) is 2.84. The topological polar surface area (TPSA) is 9.23 Å². The molecule has 0 saturated heterocycles. The van der Waals surface area contributed by atoms with Crippen molar-refractivity contribution in [3.63, 3.8) is 0 Å². The van der Waals surface area contributed by atoms with Crippen LogP contribution in [0.15, 0.2) is 30.3 Å². The van der Waals surface area contributed by atoms with Crippen molar-refractivity contribution in [2.24, 2.45) is 5.92 Å². The molecule has 1 nitrogen and oxygen atoms in total. The van der Waals surface area contributed by atoms with Crippen molar-refractivity contribution in [1.29, 1.82) is 0 Å². The monoisotopic (exact) mass is 460 g/mol. The third kappa shape index (κ3) is 5.28. The lowest BCUT2D eigenvalue weighted by Crippen LogP contribution is -2.15. The molecule has 0 spiro atoms. The van der Waals surface area contributed by atoms with Gasteiger partial charge >= 0.3 is 0 Å². The predicted molar refractivity (Wildman–Crippen MR) is 123 cm³/mol. The van der Waals surface area contributed by atoms with E-state index in [0.29, 0.717) is 11.1 Å². The van der Waals surface area contributed by atoms with Crippen molar-refractivity contribution in [1.82, 2.24) is 0 Å². The van der Waals surface area contributed by atoms with Gasteiger partial charge in [-0.05, 0) is 86.5 Å². The summed E-state index contributed by atoms with van der Waals surface area (Å²) >= 11 is 0. The molecule has 0 atom stereocenters.